The van der Waals surface area contributed by atoms with Crippen LogP contribution in [0.3, 0.4) is 0 Å². The minimum absolute atomic E-state index is 0.0490. The highest BCUT2D eigenvalue weighted by Crippen LogP contribution is 2.29. The highest BCUT2D eigenvalue weighted by Gasteiger charge is 2.30. The van der Waals surface area contributed by atoms with E-state index in [1.165, 1.54) is 32.3 Å². The van der Waals surface area contributed by atoms with Crippen molar-refractivity contribution >= 4 is 29.4 Å². The van der Waals surface area contributed by atoms with Crippen molar-refractivity contribution in [1.82, 2.24) is 9.88 Å². The number of methoxy groups -OCH3 is 2. The Kier molecular flexibility index (Phi) is 5.94. The third kappa shape index (κ3) is 3.67. The number of pyridine rings is 1. The Morgan fingerprint density at radius 1 is 0.962 bits per heavy atom. The summed E-state index contributed by atoms with van der Waals surface area (Å²) in [5.41, 5.74) is 0.391. The van der Waals surface area contributed by atoms with Crippen molar-refractivity contribution in [2.24, 2.45) is 0 Å². The van der Waals surface area contributed by atoms with Crippen LogP contribution in [-0.4, -0.2) is 56.0 Å². The Balaban J connectivity index is 2.88. The summed E-state index contributed by atoms with van der Waals surface area (Å²) < 4.78 is 9.48. The van der Waals surface area contributed by atoms with Gasteiger partial charge in [-0.15, -0.1) is 0 Å². The second-order valence-electron chi connectivity index (χ2n) is 5.46. The number of hydrogen-bond acceptors (Lipinski definition) is 6. The maximum atomic E-state index is 12.8. The van der Waals surface area contributed by atoms with Crippen LogP contribution in [0.5, 0.6) is 0 Å². The first-order valence-electron chi connectivity index (χ1n) is 7.49. The van der Waals surface area contributed by atoms with Gasteiger partial charge in [0.25, 0.3) is 5.91 Å². The van der Waals surface area contributed by atoms with E-state index in [1.807, 2.05) is 0 Å². The lowest BCUT2D eigenvalue weighted by atomic mass is 9.96. The van der Waals surface area contributed by atoms with E-state index in [-0.39, 0.29) is 22.4 Å². The summed E-state index contributed by atoms with van der Waals surface area (Å²) in [4.78, 5) is 42.8. The molecule has 0 aliphatic carbocycles. The van der Waals surface area contributed by atoms with Gasteiger partial charge in [-0.1, -0.05) is 23.7 Å². The van der Waals surface area contributed by atoms with Gasteiger partial charge < -0.3 is 14.4 Å². The molecule has 0 fully saturated rings. The molecule has 0 N–H and O–H groups in total. The molecule has 0 saturated carbocycles. The van der Waals surface area contributed by atoms with Gasteiger partial charge in [-0.05, 0) is 12.1 Å². The van der Waals surface area contributed by atoms with E-state index in [0.29, 0.717) is 10.6 Å². The molecule has 7 nitrogen and oxygen atoms in total. The maximum absolute atomic E-state index is 12.8. The Hall–Kier alpha value is -2.93. The molecule has 26 heavy (non-hydrogen) atoms. The summed E-state index contributed by atoms with van der Waals surface area (Å²) in [5, 5.41) is 0.508. The number of halogens is 1. The normalized spacial score (nSPS) is 10.2. The molecule has 1 aromatic heterocycles. The molecule has 0 unspecified atom stereocenters. The predicted octanol–water partition coefficient (Wildman–Crippen LogP) is 2.68. The fourth-order valence-corrected chi connectivity index (χ4v) is 2.47. The van der Waals surface area contributed by atoms with E-state index in [9.17, 15) is 14.4 Å². The van der Waals surface area contributed by atoms with E-state index in [4.69, 9.17) is 21.1 Å². The first-order valence-corrected chi connectivity index (χ1v) is 7.86. The van der Waals surface area contributed by atoms with E-state index in [2.05, 4.69) is 4.98 Å². The average Bonchev–Trinajstić information content (AvgIpc) is 2.65. The average molecular weight is 377 g/mol. The van der Waals surface area contributed by atoms with Gasteiger partial charge in [0.1, 0.15) is 0 Å². The lowest BCUT2D eigenvalue weighted by Crippen LogP contribution is -2.27. The van der Waals surface area contributed by atoms with Crippen LogP contribution >= 0.6 is 11.6 Å². The molecule has 0 saturated heterocycles. The summed E-state index contributed by atoms with van der Waals surface area (Å²) in [6, 6.07) is 6.59. The van der Waals surface area contributed by atoms with Crippen LogP contribution in [-0.2, 0) is 9.47 Å². The molecule has 0 bridgehead atoms. The number of hydrogen-bond donors (Lipinski definition) is 0. The lowest BCUT2D eigenvalue weighted by molar-refractivity contribution is 0.0551. The number of amides is 1. The Morgan fingerprint density at radius 3 is 2.04 bits per heavy atom. The third-order valence-electron chi connectivity index (χ3n) is 3.61. The number of esters is 2. The van der Waals surface area contributed by atoms with E-state index < -0.39 is 17.8 Å². The van der Waals surface area contributed by atoms with Crippen molar-refractivity contribution in [2.75, 3.05) is 28.3 Å². The second-order valence-corrected chi connectivity index (χ2v) is 5.90. The molecule has 0 aliphatic heterocycles. The van der Waals surface area contributed by atoms with Crippen molar-refractivity contribution in [3.63, 3.8) is 0 Å². The molecule has 1 aromatic carbocycles. The van der Waals surface area contributed by atoms with Crippen LogP contribution < -0.4 is 0 Å². The van der Waals surface area contributed by atoms with Gasteiger partial charge in [-0.3, -0.25) is 9.78 Å². The molecule has 2 rings (SSSR count). The first-order chi connectivity index (χ1) is 12.3. The van der Waals surface area contributed by atoms with E-state index in [1.54, 1.807) is 24.3 Å². The summed E-state index contributed by atoms with van der Waals surface area (Å²) in [5.74, 6) is -2.14. The van der Waals surface area contributed by atoms with Gasteiger partial charge in [0.2, 0.25) is 0 Å². The fourth-order valence-electron chi connectivity index (χ4n) is 2.35. The van der Waals surface area contributed by atoms with Crippen LogP contribution in [0.15, 0.2) is 30.5 Å². The predicted molar refractivity (Wildman–Crippen MR) is 95.4 cm³/mol. The second kappa shape index (κ2) is 7.97. The molecule has 1 heterocycles. The van der Waals surface area contributed by atoms with Gasteiger partial charge in [0.05, 0.1) is 36.6 Å². The van der Waals surface area contributed by atoms with Gasteiger partial charge in [0, 0.05) is 30.9 Å². The van der Waals surface area contributed by atoms with Gasteiger partial charge in [-0.25, -0.2) is 9.59 Å². The minimum Gasteiger partial charge on any atom is -0.465 e. The number of aromatic nitrogens is 1. The molecule has 136 valence electrons. The summed E-state index contributed by atoms with van der Waals surface area (Å²) in [6.45, 7) is 0. The largest absolute Gasteiger partial charge is 0.465 e. The molecule has 0 radical (unpaired) electrons. The van der Waals surface area contributed by atoms with Gasteiger partial charge in [0.15, 0.2) is 0 Å². The zero-order valence-electron chi connectivity index (χ0n) is 14.7. The minimum atomic E-state index is -0.840. The summed E-state index contributed by atoms with van der Waals surface area (Å²) in [6.07, 6.45) is 1.19. The first kappa shape index (κ1) is 19.4. The highest BCUT2D eigenvalue weighted by atomic mass is 35.5. The Labute approximate surface area is 155 Å². The lowest BCUT2D eigenvalue weighted by Gasteiger charge is -2.18. The third-order valence-corrected chi connectivity index (χ3v) is 3.86. The Morgan fingerprint density at radius 2 is 1.54 bits per heavy atom. The van der Waals surface area contributed by atoms with Crippen molar-refractivity contribution in [3.05, 3.63) is 52.2 Å². The topological polar surface area (TPSA) is 85.8 Å². The summed E-state index contributed by atoms with van der Waals surface area (Å²) in [7, 11) is 5.39. The fraction of sp³-hybridized carbons (Fsp3) is 0.222. The highest BCUT2D eigenvalue weighted by molar-refractivity contribution is 6.30. The Bertz CT molecular complexity index is 863. The number of carbonyl (C=O) groups is 3. The molecule has 8 heteroatoms. The van der Waals surface area contributed by atoms with Crippen LogP contribution in [0.25, 0.3) is 11.3 Å². The zero-order chi connectivity index (χ0) is 19.4. The molecule has 0 aliphatic rings. The van der Waals surface area contributed by atoms with Crippen molar-refractivity contribution in [3.8, 4) is 11.3 Å². The van der Waals surface area contributed by atoms with Crippen LogP contribution in [0.2, 0.25) is 5.02 Å². The number of ether oxygens (including phenoxy) is 2. The SMILES string of the molecule is COC(=O)c1cnc(-c2ccc(Cl)cc2)c(C(=O)N(C)C)c1C(=O)OC. The number of rotatable bonds is 4. The van der Waals surface area contributed by atoms with Crippen molar-refractivity contribution < 1.29 is 23.9 Å². The number of benzene rings is 1. The number of nitrogens with zero attached hydrogens (tertiary/aromatic N) is 2. The van der Waals surface area contributed by atoms with E-state index >= 15 is 0 Å². The van der Waals surface area contributed by atoms with Crippen LogP contribution in [0, 0.1) is 0 Å². The van der Waals surface area contributed by atoms with Gasteiger partial charge in [-0.2, -0.15) is 0 Å². The molecular formula is C18H17ClN2O5. The molecule has 0 spiro atoms. The monoisotopic (exact) mass is 376 g/mol. The quantitative estimate of drug-likeness (QED) is 0.762. The van der Waals surface area contributed by atoms with Crippen LogP contribution in [0.1, 0.15) is 31.1 Å². The van der Waals surface area contributed by atoms with Crippen molar-refractivity contribution in [1.29, 1.82) is 0 Å². The van der Waals surface area contributed by atoms with Crippen LogP contribution in [0.4, 0.5) is 0 Å². The maximum Gasteiger partial charge on any atom is 0.340 e. The van der Waals surface area contributed by atoms with Gasteiger partial charge >= 0.3 is 11.9 Å². The van der Waals surface area contributed by atoms with E-state index in [0.717, 1.165) is 7.11 Å². The summed E-state index contributed by atoms with van der Waals surface area (Å²) >= 11 is 5.91. The zero-order valence-corrected chi connectivity index (χ0v) is 15.5. The number of carbonyl (C=O) groups excluding carboxylic acids is 3. The molecular weight excluding hydrogens is 360 g/mol. The van der Waals surface area contributed by atoms with Crippen molar-refractivity contribution in [2.45, 2.75) is 0 Å². The standard InChI is InChI=1S/C18H17ClN2O5/c1-21(2)16(22)14-13(18(24)26-4)12(17(23)25-3)9-20-15(14)10-5-7-11(19)8-6-10/h5-9H,1-4H3. The smallest absolute Gasteiger partial charge is 0.340 e. The molecule has 0 atom stereocenters. The molecule has 1 amide bonds. The molecule has 2 aromatic rings.